The van der Waals surface area contributed by atoms with Crippen LogP contribution in [-0.2, 0) is 19.1 Å². The van der Waals surface area contributed by atoms with Gasteiger partial charge in [-0.1, -0.05) is 13.8 Å². The summed E-state index contributed by atoms with van der Waals surface area (Å²) >= 11 is 0. The normalized spacial score (nSPS) is 18.1. The van der Waals surface area contributed by atoms with Crippen molar-refractivity contribution < 1.29 is 19.1 Å². The van der Waals surface area contributed by atoms with Crippen molar-refractivity contribution in [1.29, 1.82) is 0 Å². The lowest BCUT2D eigenvalue weighted by atomic mass is 9.76. The summed E-state index contributed by atoms with van der Waals surface area (Å²) in [5.41, 5.74) is 9.58. The van der Waals surface area contributed by atoms with Crippen molar-refractivity contribution in [3.63, 3.8) is 0 Å². The van der Waals surface area contributed by atoms with Gasteiger partial charge in [0.1, 0.15) is 11.2 Å². The maximum absolute atomic E-state index is 12.3. The lowest BCUT2D eigenvalue weighted by Crippen LogP contribution is -2.62. The number of carbonyl (C=O) groups excluding carboxylic acids is 2. The van der Waals surface area contributed by atoms with Crippen molar-refractivity contribution in [3.8, 4) is 0 Å². The molecule has 0 aromatic rings. The molecule has 130 valence electrons. The third-order valence-corrected chi connectivity index (χ3v) is 3.49. The van der Waals surface area contributed by atoms with Gasteiger partial charge in [0.25, 0.3) is 0 Å². The zero-order valence-electron chi connectivity index (χ0n) is 15.1. The molecule has 0 aliphatic rings. The zero-order chi connectivity index (χ0) is 17.9. The van der Waals surface area contributed by atoms with Crippen LogP contribution in [-0.4, -0.2) is 35.2 Å². The summed E-state index contributed by atoms with van der Waals surface area (Å²) in [6, 6.07) is 0. The van der Waals surface area contributed by atoms with Crippen LogP contribution in [0, 0.1) is 11.8 Å². The van der Waals surface area contributed by atoms with Gasteiger partial charge in [-0.15, -0.1) is 0 Å². The van der Waals surface area contributed by atoms with Crippen molar-refractivity contribution in [1.82, 2.24) is 0 Å². The van der Waals surface area contributed by atoms with E-state index in [-0.39, 0.29) is 6.54 Å². The van der Waals surface area contributed by atoms with Crippen molar-refractivity contribution in [2.24, 2.45) is 23.3 Å². The van der Waals surface area contributed by atoms with Crippen LogP contribution in [0.1, 0.15) is 55.4 Å². The van der Waals surface area contributed by atoms with Gasteiger partial charge in [-0.05, 0) is 41.5 Å². The maximum atomic E-state index is 12.3. The largest absolute Gasteiger partial charge is 0.460 e. The molecular formula is C16H32N2O4. The maximum Gasteiger partial charge on any atom is 0.311 e. The van der Waals surface area contributed by atoms with Crippen LogP contribution in [0.15, 0.2) is 0 Å². The molecule has 0 saturated carbocycles. The van der Waals surface area contributed by atoms with Gasteiger partial charge in [-0.3, -0.25) is 9.59 Å². The van der Waals surface area contributed by atoms with E-state index >= 15 is 0 Å². The molecule has 2 atom stereocenters. The predicted octanol–water partition coefficient (Wildman–Crippen LogP) is 1.60. The average Bonchev–Trinajstić information content (AvgIpc) is 2.31. The molecular weight excluding hydrogens is 284 g/mol. The SMILES string of the molecule is CC(C(=O)OC(C)(C)C)C(N)(CN)C(C)C(=O)OC(C)(C)C. The van der Waals surface area contributed by atoms with Crippen LogP contribution < -0.4 is 11.5 Å². The van der Waals surface area contributed by atoms with E-state index in [0.717, 1.165) is 0 Å². The molecule has 0 aliphatic carbocycles. The van der Waals surface area contributed by atoms with Gasteiger partial charge in [0, 0.05) is 6.54 Å². The zero-order valence-corrected chi connectivity index (χ0v) is 15.1. The molecule has 0 spiro atoms. The Morgan fingerprint density at radius 1 is 0.864 bits per heavy atom. The molecule has 0 saturated heterocycles. The van der Waals surface area contributed by atoms with Crippen LogP contribution in [0.3, 0.4) is 0 Å². The molecule has 0 aromatic carbocycles. The van der Waals surface area contributed by atoms with Crippen molar-refractivity contribution >= 4 is 11.9 Å². The van der Waals surface area contributed by atoms with Gasteiger partial charge in [0.05, 0.1) is 17.4 Å². The first-order valence-corrected chi connectivity index (χ1v) is 7.58. The highest BCUT2D eigenvalue weighted by molar-refractivity contribution is 5.79. The second-order valence-electron chi connectivity index (χ2n) is 7.83. The van der Waals surface area contributed by atoms with E-state index in [9.17, 15) is 9.59 Å². The van der Waals surface area contributed by atoms with Crippen LogP contribution >= 0.6 is 0 Å². The Balaban J connectivity index is 5.24. The fourth-order valence-electron chi connectivity index (χ4n) is 1.95. The van der Waals surface area contributed by atoms with Gasteiger partial charge in [-0.2, -0.15) is 0 Å². The van der Waals surface area contributed by atoms with E-state index in [1.165, 1.54) is 0 Å². The lowest BCUT2D eigenvalue weighted by Gasteiger charge is -2.39. The molecule has 0 fully saturated rings. The van der Waals surface area contributed by atoms with Crippen LogP contribution in [0.5, 0.6) is 0 Å². The second-order valence-corrected chi connectivity index (χ2v) is 7.83. The lowest BCUT2D eigenvalue weighted by molar-refractivity contribution is -0.168. The smallest absolute Gasteiger partial charge is 0.311 e. The van der Waals surface area contributed by atoms with E-state index in [1.54, 1.807) is 55.4 Å². The van der Waals surface area contributed by atoms with E-state index in [1.807, 2.05) is 0 Å². The Morgan fingerprint density at radius 3 is 1.32 bits per heavy atom. The third kappa shape index (κ3) is 5.93. The second kappa shape index (κ2) is 6.96. The first-order valence-electron chi connectivity index (χ1n) is 7.58. The summed E-state index contributed by atoms with van der Waals surface area (Å²) in [5.74, 6) is -2.43. The Morgan fingerprint density at radius 2 is 1.14 bits per heavy atom. The molecule has 0 bridgehead atoms. The number of hydrogen-bond donors (Lipinski definition) is 2. The highest BCUT2D eigenvalue weighted by Crippen LogP contribution is 2.28. The quantitative estimate of drug-likeness (QED) is 0.746. The Hall–Kier alpha value is -1.14. The molecule has 0 rings (SSSR count). The van der Waals surface area contributed by atoms with Gasteiger partial charge >= 0.3 is 11.9 Å². The number of rotatable bonds is 5. The number of ether oxygens (including phenoxy) is 2. The van der Waals surface area contributed by atoms with E-state index in [0.29, 0.717) is 0 Å². The molecule has 0 aliphatic heterocycles. The minimum absolute atomic E-state index is 0.0339. The molecule has 2 unspecified atom stereocenters. The fraction of sp³-hybridized carbons (Fsp3) is 0.875. The molecule has 0 amide bonds. The summed E-state index contributed by atoms with van der Waals surface area (Å²) in [6.45, 7) is 13.9. The van der Waals surface area contributed by atoms with E-state index in [2.05, 4.69) is 0 Å². The van der Waals surface area contributed by atoms with Gasteiger partial charge in [0.2, 0.25) is 0 Å². The summed E-state index contributed by atoms with van der Waals surface area (Å²) in [5, 5.41) is 0. The van der Waals surface area contributed by atoms with E-state index in [4.69, 9.17) is 20.9 Å². The molecule has 22 heavy (non-hydrogen) atoms. The van der Waals surface area contributed by atoms with Crippen LogP contribution in [0.25, 0.3) is 0 Å². The number of esters is 2. The van der Waals surface area contributed by atoms with E-state index < -0.39 is 40.5 Å². The number of hydrogen-bond acceptors (Lipinski definition) is 6. The molecule has 0 radical (unpaired) electrons. The summed E-state index contributed by atoms with van der Waals surface area (Å²) in [6.07, 6.45) is 0. The van der Waals surface area contributed by atoms with Gasteiger partial charge < -0.3 is 20.9 Å². The molecule has 0 aromatic heterocycles. The number of carbonyl (C=O) groups is 2. The first-order chi connectivity index (χ1) is 9.64. The van der Waals surface area contributed by atoms with Crippen LogP contribution in [0.2, 0.25) is 0 Å². The fourth-order valence-corrected chi connectivity index (χ4v) is 1.95. The minimum Gasteiger partial charge on any atom is -0.460 e. The highest BCUT2D eigenvalue weighted by atomic mass is 16.6. The summed E-state index contributed by atoms with van der Waals surface area (Å²) < 4.78 is 10.7. The van der Waals surface area contributed by atoms with Crippen LogP contribution in [0.4, 0.5) is 0 Å². The van der Waals surface area contributed by atoms with Crippen molar-refractivity contribution in [2.75, 3.05) is 6.54 Å². The molecule has 4 N–H and O–H groups in total. The predicted molar refractivity (Wildman–Crippen MR) is 86.0 cm³/mol. The van der Waals surface area contributed by atoms with Gasteiger partial charge in [-0.25, -0.2) is 0 Å². The van der Waals surface area contributed by atoms with Crippen molar-refractivity contribution in [2.45, 2.75) is 72.1 Å². The topological polar surface area (TPSA) is 105 Å². The van der Waals surface area contributed by atoms with Crippen molar-refractivity contribution in [3.05, 3.63) is 0 Å². The first kappa shape index (κ1) is 20.9. The summed E-state index contributed by atoms with van der Waals surface area (Å²) in [4.78, 5) is 24.5. The number of nitrogens with two attached hydrogens (primary N) is 2. The molecule has 6 heteroatoms. The summed E-state index contributed by atoms with van der Waals surface area (Å²) in [7, 11) is 0. The molecule has 0 heterocycles. The average molecular weight is 316 g/mol. The third-order valence-electron chi connectivity index (χ3n) is 3.49. The van der Waals surface area contributed by atoms with Gasteiger partial charge in [0.15, 0.2) is 0 Å². The Kier molecular flexibility index (Phi) is 6.60. The standard InChI is InChI=1S/C16H32N2O4/c1-10(12(19)21-14(3,4)5)16(18,9-17)11(2)13(20)22-15(6,7)8/h10-11H,9,17-18H2,1-8H3. The Bertz CT molecular complexity index is 373. The minimum atomic E-state index is -1.23. The highest BCUT2D eigenvalue weighted by Gasteiger charge is 2.46. The monoisotopic (exact) mass is 316 g/mol. The Labute approximate surface area is 133 Å². The molecule has 6 nitrogen and oxygen atoms in total.